The number of imidazole rings is 1. The van der Waals surface area contributed by atoms with Gasteiger partial charge in [-0.15, -0.1) is 0 Å². The van der Waals surface area contributed by atoms with E-state index in [0.29, 0.717) is 6.54 Å². The van der Waals surface area contributed by atoms with Gasteiger partial charge in [0.25, 0.3) is 0 Å². The summed E-state index contributed by atoms with van der Waals surface area (Å²) in [5, 5.41) is 0. The monoisotopic (exact) mass is 261 g/mol. The Labute approximate surface area is 114 Å². The van der Waals surface area contributed by atoms with E-state index in [9.17, 15) is 4.79 Å². The van der Waals surface area contributed by atoms with Crippen LogP contribution in [0.4, 0.5) is 0 Å². The maximum Gasteiger partial charge on any atom is 0.330 e. The summed E-state index contributed by atoms with van der Waals surface area (Å²) < 4.78 is 3.48. The minimum atomic E-state index is 0.0195. The van der Waals surface area contributed by atoms with Crippen molar-refractivity contribution < 1.29 is 0 Å². The summed E-state index contributed by atoms with van der Waals surface area (Å²) in [6.45, 7) is 9.25. The van der Waals surface area contributed by atoms with Gasteiger partial charge >= 0.3 is 5.69 Å². The maximum atomic E-state index is 12.3. The molecule has 0 amide bonds. The number of pyridine rings is 1. The molecular weight excluding hydrogens is 238 g/mol. The van der Waals surface area contributed by atoms with Crippen LogP contribution in [0.15, 0.2) is 16.9 Å². The number of rotatable bonds is 3. The van der Waals surface area contributed by atoms with Crippen LogP contribution in [-0.4, -0.2) is 14.1 Å². The molecule has 0 bridgehead atoms. The van der Waals surface area contributed by atoms with E-state index in [-0.39, 0.29) is 11.1 Å². The van der Waals surface area contributed by atoms with Crippen LogP contribution in [0.5, 0.6) is 0 Å². The quantitative estimate of drug-likeness (QED) is 0.852. The van der Waals surface area contributed by atoms with E-state index in [1.807, 2.05) is 16.7 Å². The van der Waals surface area contributed by atoms with Crippen LogP contribution in [-0.2, 0) is 20.0 Å². The van der Waals surface area contributed by atoms with E-state index < -0.39 is 0 Å². The summed E-state index contributed by atoms with van der Waals surface area (Å²) in [6, 6.07) is 4.06. The van der Waals surface area contributed by atoms with Gasteiger partial charge in [0.2, 0.25) is 0 Å². The summed E-state index contributed by atoms with van der Waals surface area (Å²) in [4.78, 5) is 16.9. The van der Waals surface area contributed by atoms with Crippen LogP contribution in [0.2, 0.25) is 0 Å². The number of aromatic nitrogens is 3. The Morgan fingerprint density at radius 1 is 1.26 bits per heavy atom. The van der Waals surface area contributed by atoms with E-state index in [0.717, 1.165) is 29.7 Å². The fraction of sp³-hybridized carbons (Fsp3) is 0.600. The smallest absolute Gasteiger partial charge is 0.290 e. The first kappa shape index (κ1) is 13.8. The SMILES string of the molecule is CCCc1ccc2c(n1)n(C)c(=O)n2CC(C)(C)C. The van der Waals surface area contributed by atoms with Crippen LogP contribution < -0.4 is 5.69 Å². The van der Waals surface area contributed by atoms with Crippen molar-refractivity contribution in [2.45, 2.75) is 47.1 Å². The molecule has 2 heterocycles. The Bertz CT molecular complexity index is 644. The molecule has 0 aromatic carbocycles. The van der Waals surface area contributed by atoms with Gasteiger partial charge in [-0.3, -0.25) is 9.13 Å². The first-order valence-electron chi connectivity index (χ1n) is 6.88. The molecule has 0 saturated carbocycles. The minimum Gasteiger partial charge on any atom is -0.290 e. The number of fused-ring (bicyclic) bond motifs is 1. The van der Waals surface area contributed by atoms with Gasteiger partial charge in [0.1, 0.15) is 0 Å². The summed E-state index contributed by atoms with van der Waals surface area (Å²) in [6.07, 6.45) is 2.02. The Hall–Kier alpha value is -1.58. The Morgan fingerprint density at radius 2 is 1.95 bits per heavy atom. The molecule has 19 heavy (non-hydrogen) atoms. The van der Waals surface area contributed by atoms with E-state index in [2.05, 4.69) is 32.7 Å². The van der Waals surface area contributed by atoms with E-state index in [1.165, 1.54) is 0 Å². The molecule has 4 nitrogen and oxygen atoms in total. The highest BCUT2D eigenvalue weighted by atomic mass is 16.1. The number of hydrogen-bond acceptors (Lipinski definition) is 2. The summed E-state index contributed by atoms with van der Waals surface area (Å²) >= 11 is 0. The third-order valence-electron chi connectivity index (χ3n) is 3.18. The highest BCUT2D eigenvalue weighted by Crippen LogP contribution is 2.19. The number of aryl methyl sites for hydroxylation is 2. The topological polar surface area (TPSA) is 39.8 Å². The van der Waals surface area contributed by atoms with E-state index in [4.69, 9.17) is 0 Å². The van der Waals surface area contributed by atoms with Crippen molar-refractivity contribution in [3.05, 3.63) is 28.3 Å². The summed E-state index contributed by atoms with van der Waals surface area (Å²) in [5.41, 5.74) is 2.87. The predicted molar refractivity (Wildman–Crippen MR) is 78.4 cm³/mol. The molecule has 0 unspecified atom stereocenters. The van der Waals surface area contributed by atoms with Crippen molar-refractivity contribution in [1.29, 1.82) is 0 Å². The Kier molecular flexibility index (Phi) is 3.52. The van der Waals surface area contributed by atoms with Crippen molar-refractivity contribution >= 4 is 11.2 Å². The molecule has 0 saturated heterocycles. The summed E-state index contributed by atoms with van der Waals surface area (Å²) in [5.74, 6) is 0. The largest absolute Gasteiger partial charge is 0.330 e. The van der Waals surface area contributed by atoms with Gasteiger partial charge in [-0.25, -0.2) is 9.78 Å². The molecule has 2 rings (SSSR count). The first-order valence-corrected chi connectivity index (χ1v) is 6.88. The van der Waals surface area contributed by atoms with Crippen LogP contribution in [0.3, 0.4) is 0 Å². The normalized spacial score (nSPS) is 12.3. The molecule has 0 radical (unpaired) electrons. The lowest BCUT2D eigenvalue weighted by atomic mass is 9.97. The zero-order chi connectivity index (χ0) is 14.2. The average molecular weight is 261 g/mol. The summed E-state index contributed by atoms with van der Waals surface area (Å²) in [7, 11) is 1.80. The lowest BCUT2D eigenvalue weighted by Gasteiger charge is -2.18. The van der Waals surface area contributed by atoms with Gasteiger partial charge in [0.15, 0.2) is 5.65 Å². The Morgan fingerprint density at radius 3 is 2.53 bits per heavy atom. The molecule has 0 fully saturated rings. The molecule has 2 aromatic rings. The third kappa shape index (κ3) is 2.72. The second-order valence-electron chi connectivity index (χ2n) is 6.38. The maximum absolute atomic E-state index is 12.3. The molecule has 0 aliphatic carbocycles. The van der Waals surface area contributed by atoms with E-state index >= 15 is 0 Å². The highest BCUT2D eigenvalue weighted by molar-refractivity contribution is 5.71. The number of nitrogens with zero attached hydrogens (tertiary/aromatic N) is 3. The highest BCUT2D eigenvalue weighted by Gasteiger charge is 2.18. The van der Waals surface area contributed by atoms with Gasteiger partial charge in [-0.1, -0.05) is 34.1 Å². The standard InChI is InChI=1S/C15H23N3O/c1-6-7-11-8-9-12-13(16-11)17(5)14(19)18(12)10-15(2,3)4/h8-9H,6-7,10H2,1-5H3. The van der Waals surface area contributed by atoms with Gasteiger partial charge in [0.05, 0.1) is 5.52 Å². The van der Waals surface area contributed by atoms with Gasteiger partial charge in [-0.05, 0) is 24.0 Å². The molecule has 0 aliphatic rings. The van der Waals surface area contributed by atoms with Crippen LogP contribution in [0, 0.1) is 5.41 Å². The molecule has 2 aromatic heterocycles. The molecule has 0 spiro atoms. The molecular formula is C15H23N3O. The second kappa shape index (κ2) is 4.83. The number of hydrogen-bond donors (Lipinski definition) is 0. The fourth-order valence-electron chi connectivity index (χ4n) is 2.33. The van der Waals surface area contributed by atoms with Crippen molar-refractivity contribution in [3.63, 3.8) is 0 Å². The van der Waals surface area contributed by atoms with Crippen molar-refractivity contribution in [3.8, 4) is 0 Å². The third-order valence-corrected chi connectivity index (χ3v) is 3.18. The average Bonchev–Trinajstić information content (AvgIpc) is 2.53. The predicted octanol–water partition coefficient (Wildman–Crippen LogP) is 2.73. The first-order chi connectivity index (χ1) is 8.83. The van der Waals surface area contributed by atoms with Crippen molar-refractivity contribution in [2.75, 3.05) is 0 Å². The lowest BCUT2D eigenvalue weighted by Crippen LogP contribution is -2.27. The zero-order valence-corrected chi connectivity index (χ0v) is 12.5. The van der Waals surface area contributed by atoms with Crippen LogP contribution in [0.1, 0.15) is 39.8 Å². The molecule has 4 heteroatoms. The zero-order valence-electron chi connectivity index (χ0n) is 12.5. The fourth-order valence-corrected chi connectivity index (χ4v) is 2.33. The second-order valence-corrected chi connectivity index (χ2v) is 6.38. The van der Waals surface area contributed by atoms with Gasteiger partial charge in [0, 0.05) is 19.3 Å². The molecule has 0 aliphatic heterocycles. The lowest BCUT2D eigenvalue weighted by molar-refractivity contribution is 0.342. The minimum absolute atomic E-state index is 0.0195. The van der Waals surface area contributed by atoms with E-state index in [1.54, 1.807) is 11.6 Å². The molecule has 104 valence electrons. The van der Waals surface area contributed by atoms with Crippen molar-refractivity contribution in [2.24, 2.45) is 12.5 Å². The Balaban J connectivity index is 2.60. The van der Waals surface area contributed by atoms with Gasteiger partial charge < -0.3 is 0 Å². The van der Waals surface area contributed by atoms with Crippen LogP contribution >= 0.6 is 0 Å². The molecule has 0 N–H and O–H groups in total. The van der Waals surface area contributed by atoms with Crippen molar-refractivity contribution in [1.82, 2.24) is 14.1 Å². The van der Waals surface area contributed by atoms with Crippen LogP contribution in [0.25, 0.3) is 11.2 Å². The molecule has 0 atom stereocenters. The van der Waals surface area contributed by atoms with Gasteiger partial charge in [-0.2, -0.15) is 0 Å².